The molecule has 0 aromatic heterocycles. The second kappa shape index (κ2) is 6.92. The summed E-state index contributed by atoms with van der Waals surface area (Å²) in [5.74, 6) is -0.796. The molecular formula is C19H20FNO2. The zero-order valence-corrected chi connectivity index (χ0v) is 13.1. The molecule has 1 fully saturated rings. The number of nitrogens with zero attached hydrogens (tertiary/aromatic N) is 1. The summed E-state index contributed by atoms with van der Waals surface area (Å²) in [6, 6.07) is 16.7. The van der Waals surface area contributed by atoms with Gasteiger partial charge in [-0.05, 0) is 23.3 Å². The van der Waals surface area contributed by atoms with Gasteiger partial charge in [0.1, 0.15) is 5.82 Å². The zero-order valence-electron chi connectivity index (χ0n) is 13.1. The summed E-state index contributed by atoms with van der Waals surface area (Å²) in [5, 5.41) is 0. The van der Waals surface area contributed by atoms with Crippen LogP contribution in [0.4, 0.5) is 4.39 Å². The number of hydrogen-bond donors (Lipinski definition) is 0. The predicted molar refractivity (Wildman–Crippen MR) is 86.4 cm³/mol. The van der Waals surface area contributed by atoms with Crippen LogP contribution in [0.3, 0.4) is 0 Å². The van der Waals surface area contributed by atoms with Gasteiger partial charge in [0.15, 0.2) is 0 Å². The maximum atomic E-state index is 13.5. The van der Waals surface area contributed by atoms with E-state index in [0.717, 1.165) is 18.7 Å². The van der Waals surface area contributed by atoms with Crippen molar-refractivity contribution in [2.75, 3.05) is 20.2 Å². The van der Waals surface area contributed by atoms with Crippen LogP contribution in [0.2, 0.25) is 0 Å². The number of ether oxygens (including phenoxy) is 1. The van der Waals surface area contributed by atoms with Crippen molar-refractivity contribution in [3.05, 3.63) is 71.5 Å². The van der Waals surface area contributed by atoms with Crippen molar-refractivity contribution in [3.63, 3.8) is 0 Å². The molecule has 0 N–H and O–H groups in total. The van der Waals surface area contributed by atoms with Crippen LogP contribution in [-0.2, 0) is 16.1 Å². The van der Waals surface area contributed by atoms with Gasteiger partial charge in [0.05, 0.1) is 13.0 Å². The molecule has 2 atom stereocenters. The van der Waals surface area contributed by atoms with Crippen molar-refractivity contribution in [2.45, 2.75) is 12.5 Å². The molecule has 23 heavy (non-hydrogen) atoms. The lowest BCUT2D eigenvalue weighted by Crippen LogP contribution is -2.24. The number of carbonyl (C=O) groups is 1. The number of esters is 1. The highest BCUT2D eigenvalue weighted by molar-refractivity contribution is 5.74. The standard InChI is InChI=1S/C19H20FNO2/c1-23-19(22)18-13-21(11-14-6-3-2-4-7-14)12-17(18)15-8-5-9-16(20)10-15/h2-10,17-18H,11-13H2,1H3. The van der Waals surface area contributed by atoms with Crippen LogP contribution in [0.1, 0.15) is 17.0 Å². The molecule has 0 radical (unpaired) electrons. The van der Waals surface area contributed by atoms with Gasteiger partial charge >= 0.3 is 5.97 Å². The summed E-state index contributed by atoms with van der Waals surface area (Å²) in [6.07, 6.45) is 0. The molecule has 2 aromatic carbocycles. The Kier molecular flexibility index (Phi) is 4.72. The molecule has 0 spiro atoms. The van der Waals surface area contributed by atoms with Gasteiger partial charge in [-0.1, -0.05) is 42.5 Å². The van der Waals surface area contributed by atoms with Crippen LogP contribution in [0.15, 0.2) is 54.6 Å². The monoisotopic (exact) mass is 313 g/mol. The predicted octanol–water partition coefficient (Wildman–Crippen LogP) is 3.21. The van der Waals surface area contributed by atoms with Crippen LogP contribution < -0.4 is 0 Å². The first-order valence-electron chi connectivity index (χ1n) is 7.77. The van der Waals surface area contributed by atoms with Gasteiger partial charge in [-0.2, -0.15) is 0 Å². The molecule has 0 bridgehead atoms. The van der Waals surface area contributed by atoms with Gasteiger partial charge in [-0.15, -0.1) is 0 Å². The molecule has 120 valence electrons. The van der Waals surface area contributed by atoms with E-state index in [9.17, 15) is 9.18 Å². The van der Waals surface area contributed by atoms with Crippen molar-refractivity contribution < 1.29 is 13.9 Å². The molecule has 3 rings (SSSR count). The fourth-order valence-electron chi connectivity index (χ4n) is 3.32. The van der Waals surface area contributed by atoms with Crippen LogP contribution in [0.25, 0.3) is 0 Å². The lowest BCUT2D eigenvalue weighted by Gasteiger charge is -2.16. The van der Waals surface area contributed by atoms with E-state index in [2.05, 4.69) is 17.0 Å². The summed E-state index contributed by atoms with van der Waals surface area (Å²) in [6.45, 7) is 2.13. The summed E-state index contributed by atoms with van der Waals surface area (Å²) >= 11 is 0. The van der Waals surface area contributed by atoms with Crippen molar-refractivity contribution >= 4 is 5.97 Å². The zero-order chi connectivity index (χ0) is 16.2. The van der Waals surface area contributed by atoms with Gasteiger partial charge in [-0.3, -0.25) is 9.69 Å². The van der Waals surface area contributed by atoms with Gasteiger partial charge in [0.2, 0.25) is 0 Å². The Morgan fingerprint density at radius 3 is 2.65 bits per heavy atom. The number of rotatable bonds is 4. The summed E-state index contributed by atoms with van der Waals surface area (Å²) in [4.78, 5) is 14.4. The van der Waals surface area contributed by atoms with Crippen molar-refractivity contribution in [2.24, 2.45) is 5.92 Å². The van der Waals surface area contributed by atoms with E-state index >= 15 is 0 Å². The Morgan fingerprint density at radius 1 is 1.17 bits per heavy atom. The number of likely N-dealkylation sites (tertiary alicyclic amines) is 1. The van der Waals surface area contributed by atoms with E-state index in [4.69, 9.17) is 4.74 Å². The Bertz CT molecular complexity index is 674. The van der Waals surface area contributed by atoms with E-state index in [0.29, 0.717) is 6.54 Å². The average molecular weight is 313 g/mol. The smallest absolute Gasteiger partial charge is 0.310 e. The van der Waals surface area contributed by atoms with Crippen molar-refractivity contribution in [1.29, 1.82) is 0 Å². The molecule has 1 saturated heterocycles. The molecule has 2 unspecified atom stereocenters. The molecular weight excluding hydrogens is 293 g/mol. The molecule has 1 aliphatic rings. The molecule has 0 aliphatic carbocycles. The Balaban J connectivity index is 1.81. The number of carbonyl (C=O) groups excluding carboxylic acids is 1. The minimum atomic E-state index is -0.271. The number of benzene rings is 2. The molecule has 0 saturated carbocycles. The first-order valence-corrected chi connectivity index (χ1v) is 7.77. The third kappa shape index (κ3) is 3.59. The minimum absolute atomic E-state index is 0.0399. The first kappa shape index (κ1) is 15.7. The molecule has 4 heteroatoms. The van der Waals surface area contributed by atoms with Crippen LogP contribution in [-0.4, -0.2) is 31.1 Å². The fraction of sp³-hybridized carbons (Fsp3) is 0.316. The maximum absolute atomic E-state index is 13.5. The summed E-state index contributed by atoms with van der Waals surface area (Å²) in [5.41, 5.74) is 2.06. The van der Waals surface area contributed by atoms with E-state index in [1.807, 2.05) is 24.3 Å². The summed E-state index contributed by atoms with van der Waals surface area (Å²) in [7, 11) is 1.41. The van der Waals surface area contributed by atoms with E-state index in [-0.39, 0.29) is 23.6 Å². The van der Waals surface area contributed by atoms with Crippen LogP contribution in [0.5, 0.6) is 0 Å². The quantitative estimate of drug-likeness (QED) is 0.812. The van der Waals surface area contributed by atoms with Crippen LogP contribution >= 0.6 is 0 Å². The van der Waals surface area contributed by atoms with E-state index in [1.54, 1.807) is 6.07 Å². The SMILES string of the molecule is COC(=O)C1CN(Cc2ccccc2)CC1c1cccc(F)c1. The van der Waals surface area contributed by atoms with E-state index in [1.165, 1.54) is 24.8 Å². The van der Waals surface area contributed by atoms with Crippen molar-refractivity contribution in [3.8, 4) is 0 Å². The minimum Gasteiger partial charge on any atom is -0.469 e. The number of methoxy groups -OCH3 is 1. The van der Waals surface area contributed by atoms with Gasteiger partial charge < -0.3 is 4.74 Å². The third-order valence-electron chi connectivity index (χ3n) is 4.43. The van der Waals surface area contributed by atoms with Gasteiger partial charge in [-0.25, -0.2) is 4.39 Å². The number of hydrogen-bond acceptors (Lipinski definition) is 3. The highest BCUT2D eigenvalue weighted by Gasteiger charge is 2.39. The van der Waals surface area contributed by atoms with Gasteiger partial charge in [0.25, 0.3) is 0 Å². The lowest BCUT2D eigenvalue weighted by molar-refractivity contribution is -0.145. The Morgan fingerprint density at radius 2 is 1.96 bits per heavy atom. The topological polar surface area (TPSA) is 29.5 Å². The highest BCUT2D eigenvalue weighted by Crippen LogP contribution is 2.34. The van der Waals surface area contributed by atoms with Crippen molar-refractivity contribution in [1.82, 2.24) is 4.90 Å². The average Bonchev–Trinajstić information content (AvgIpc) is 2.99. The summed E-state index contributed by atoms with van der Waals surface area (Å²) < 4.78 is 18.5. The third-order valence-corrected chi connectivity index (χ3v) is 4.43. The maximum Gasteiger partial charge on any atom is 0.310 e. The Hall–Kier alpha value is -2.20. The van der Waals surface area contributed by atoms with Gasteiger partial charge in [0, 0.05) is 25.6 Å². The number of halogens is 1. The molecule has 1 aliphatic heterocycles. The fourth-order valence-corrected chi connectivity index (χ4v) is 3.32. The lowest BCUT2D eigenvalue weighted by atomic mass is 9.89. The first-order chi connectivity index (χ1) is 11.2. The second-order valence-electron chi connectivity index (χ2n) is 5.97. The molecule has 2 aromatic rings. The second-order valence-corrected chi connectivity index (χ2v) is 5.97. The normalized spacial score (nSPS) is 21.3. The van der Waals surface area contributed by atoms with E-state index < -0.39 is 0 Å². The molecule has 3 nitrogen and oxygen atoms in total. The Labute approximate surface area is 135 Å². The molecule has 1 heterocycles. The highest BCUT2D eigenvalue weighted by atomic mass is 19.1. The molecule has 0 amide bonds. The van der Waals surface area contributed by atoms with Crippen LogP contribution in [0, 0.1) is 11.7 Å². The largest absolute Gasteiger partial charge is 0.469 e.